The molecular formula is C45H76O5. The third-order valence-corrected chi connectivity index (χ3v) is 8.47. The van der Waals surface area contributed by atoms with E-state index in [2.05, 4.69) is 86.8 Å². The van der Waals surface area contributed by atoms with Gasteiger partial charge in [-0.2, -0.15) is 0 Å². The molecule has 0 bridgehead atoms. The fraction of sp³-hybridized carbons (Fsp3) is 0.689. The largest absolute Gasteiger partial charge is 0.462 e. The molecule has 0 saturated carbocycles. The third kappa shape index (κ3) is 38.1. The smallest absolute Gasteiger partial charge is 0.306 e. The highest BCUT2D eigenvalue weighted by atomic mass is 16.6. The lowest BCUT2D eigenvalue weighted by molar-refractivity contribution is -0.161. The Hall–Kier alpha value is -2.66. The molecule has 0 aliphatic heterocycles. The molecule has 0 saturated heterocycles. The van der Waals surface area contributed by atoms with Crippen LogP contribution in [0.25, 0.3) is 0 Å². The Bertz CT molecular complexity index is 926. The molecule has 0 fully saturated rings. The second-order valence-electron chi connectivity index (χ2n) is 13.4. The topological polar surface area (TPSA) is 72.8 Å². The van der Waals surface area contributed by atoms with Crippen LogP contribution in [0.1, 0.15) is 181 Å². The number of allylic oxidation sites excluding steroid dienone is 12. The number of hydrogen-bond donors (Lipinski definition) is 1. The monoisotopic (exact) mass is 697 g/mol. The summed E-state index contributed by atoms with van der Waals surface area (Å²) in [5.41, 5.74) is 0. The average Bonchev–Trinajstić information content (AvgIpc) is 3.12. The minimum Gasteiger partial charge on any atom is -0.462 e. The summed E-state index contributed by atoms with van der Waals surface area (Å²) in [7, 11) is 0. The molecule has 0 aliphatic rings. The minimum atomic E-state index is -0.794. The second-order valence-corrected chi connectivity index (χ2v) is 13.4. The van der Waals surface area contributed by atoms with Crippen molar-refractivity contribution >= 4 is 11.9 Å². The molecule has 286 valence electrons. The van der Waals surface area contributed by atoms with E-state index in [0.717, 1.165) is 77.0 Å². The van der Waals surface area contributed by atoms with Crippen LogP contribution in [0.3, 0.4) is 0 Å². The molecule has 0 radical (unpaired) electrons. The van der Waals surface area contributed by atoms with E-state index < -0.39 is 6.10 Å². The van der Waals surface area contributed by atoms with Crippen LogP contribution in [0, 0.1) is 0 Å². The molecule has 1 atom stereocenters. The number of ether oxygens (including phenoxy) is 2. The van der Waals surface area contributed by atoms with Crippen molar-refractivity contribution in [2.24, 2.45) is 0 Å². The molecule has 0 aromatic heterocycles. The van der Waals surface area contributed by atoms with E-state index in [1.54, 1.807) is 0 Å². The molecule has 1 N–H and O–H groups in total. The van der Waals surface area contributed by atoms with Crippen LogP contribution >= 0.6 is 0 Å². The van der Waals surface area contributed by atoms with Crippen LogP contribution in [-0.2, 0) is 19.1 Å². The van der Waals surface area contributed by atoms with E-state index in [9.17, 15) is 14.7 Å². The van der Waals surface area contributed by atoms with Gasteiger partial charge in [-0.15, -0.1) is 0 Å². The molecule has 0 aliphatic carbocycles. The summed E-state index contributed by atoms with van der Waals surface area (Å²) < 4.78 is 10.6. The van der Waals surface area contributed by atoms with Crippen LogP contribution in [-0.4, -0.2) is 36.4 Å². The summed E-state index contributed by atoms with van der Waals surface area (Å²) in [5.74, 6) is -0.641. The first-order chi connectivity index (χ1) is 24.6. The maximum atomic E-state index is 12.2. The lowest BCUT2D eigenvalue weighted by Crippen LogP contribution is -2.28. The standard InChI is InChI=1S/C45H76O5/c1-3-5-7-9-11-13-15-17-19-21-22-24-26-28-30-32-34-36-38-40-45(48)50-43(41-46)42-49-44(47)39-37-35-33-31-29-27-25-23-20-18-16-14-12-10-8-6-4-2/h11-14,17-20,22,24,28,30,43,46H,3-10,15-16,21,23,25-27,29,31-42H2,1-2H3/t43-/m0/s1. The average molecular weight is 697 g/mol. The number of unbranched alkanes of at least 4 members (excludes halogenated alkanes) is 16. The summed E-state index contributed by atoms with van der Waals surface area (Å²) in [6.45, 7) is 4.04. The molecule has 50 heavy (non-hydrogen) atoms. The molecule has 0 unspecified atom stereocenters. The van der Waals surface area contributed by atoms with Crippen LogP contribution in [0.4, 0.5) is 0 Å². The Labute approximate surface area is 308 Å². The molecule has 5 nitrogen and oxygen atoms in total. The molecule has 0 spiro atoms. The van der Waals surface area contributed by atoms with Gasteiger partial charge in [-0.1, -0.05) is 151 Å². The summed E-state index contributed by atoms with van der Waals surface area (Å²) in [6, 6.07) is 0. The van der Waals surface area contributed by atoms with Gasteiger partial charge in [-0.05, 0) is 89.9 Å². The number of carbonyl (C=O) groups is 2. The first-order valence-electron chi connectivity index (χ1n) is 20.5. The van der Waals surface area contributed by atoms with Crippen molar-refractivity contribution in [3.63, 3.8) is 0 Å². The van der Waals surface area contributed by atoms with Crippen molar-refractivity contribution in [2.45, 2.75) is 187 Å². The predicted molar refractivity (Wildman–Crippen MR) is 214 cm³/mol. The predicted octanol–water partition coefficient (Wildman–Crippen LogP) is 13.0. The van der Waals surface area contributed by atoms with Gasteiger partial charge in [0.25, 0.3) is 0 Å². The number of esters is 2. The quantitative estimate of drug-likeness (QED) is 0.0401. The highest BCUT2D eigenvalue weighted by Gasteiger charge is 2.16. The van der Waals surface area contributed by atoms with E-state index in [1.165, 1.54) is 77.0 Å². The van der Waals surface area contributed by atoms with Gasteiger partial charge in [0.05, 0.1) is 6.61 Å². The van der Waals surface area contributed by atoms with E-state index in [1.807, 2.05) is 0 Å². The van der Waals surface area contributed by atoms with Gasteiger partial charge in [-0.3, -0.25) is 9.59 Å². The van der Waals surface area contributed by atoms with E-state index in [-0.39, 0.29) is 25.2 Å². The second kappa shape index (κ2) is 40.8. The van der Waals surface area contributed by atoms with Crippen molar-refractivity contribution in [3.8, 4) is 0 Å². The number of aliphatic hydroxyl groups is 1. The Balaban J connectivity index is 3.66. The molecular weight excluding hydrogens is 620 g/mol. The van der Waals surface area contributed by atoms with Gasteiger partial charge in [-0.25, -0.2) is 0 Å². The van der Waals surface area contributed by atoms with Crippen LogP contribution in [0.15, 0.2) is 72.9 Å². The first kappa shape index (κ1) is 47.3. The van der Waals surface area contributed by atoms with Crippen molar-refractivity contribution in [3.05, 3.63) is 72.9 Å². The van der Waals surface area contributed by atoms with Gasteiger partial charge in [0.15, 0.2) is 6.10 Å². The molecule has 0 aromatic carbocycles. The number of rotatable bonds is 36. The van der Waals surface area contributed by atoms with Gasteiger partial charge >= 0.3 is 11.9 Å². The third-order valence-electron chi connectivity index (χ3n) is 8.47. The molecule has 0 aromatic rings. The van der Waals surface area contributed by atoms with E-state index in [0.29, 0.717) is 12.8 Å². The summed E-state index contributed by atoms with van der Waals surface area (Å²) in [4.78, 5) is 24.3. The van der Waals surface area contributed by atoms with E-state index >= 15 is 0 Å². The SMILES string of the molecule is CCCCCC=CCC=CCC=CCC=CCCCCCC(=O)O[C@@H](CO)COC(=O)CCCCCCCCCC=CCC=CCCCCC. The Kier molecular flexibility index (Phi) is 38.6. The van der Waals surface area contributed by atoms with Crippen LogP contribution < -0.4 is 0 Å². The fourth-order valence-corrected chi connectivity index (χ4v) is 5.33. The van der Waals surface area contributed by atoms with Crippen molar-refractivity contribution in [1.82, 2.24) is 0 Å². The van der Waals surface area contributed by atoms with Crippen molar-refractivity contribution < 1.29 is 24.2 Å². The van der Waals surface area contributed by atoms with Crippen molar-refractivity contribution in [1.29, 1.82) is 0 Å². The molecule has 0 heterocycles. The number of carbonyl (C=O) groups excluding carboxylic acids is 2. The Morgan fingerprint density at radius 3 is 1.22 bits per heavy atom. The van der Waals surface area contributed by atoms with Crippen LogP contribution in [0.5, 0.6) is 0 Å². The summed E-state index contributed by atoms with van der Waals surface area (Å²) >= 11 is 0. The van der Waals surface area contributed by atoms with Crippen LogP contribution in [0.2, 0.25) is 0 Å². The summed E-state index contributed by atoms with van der Waals surface area (Å²) in [5, 5.41) is 9.56. The highest BCUT2D eigenvalue weighted by Crippen LogP contribution is 2.12. The van der Waals surface area contributed by atoms with Gasteiger partial charge in [0.2, 0.25) is 0 Å². The maximum absolute atomic E-state index is 12.2. The molecule has 5 heteroatoms. The summed E-state index contributed by atoms with van der Waals surface area (Å²) in [6.07, 6.45) is 53.8. The minimum absolute atomic E-state index is 0.0865. The molecule has 0 rings (SSSR count). The fourth-order valence-electron chi connectivity index (χ4n) is 5.33. The van der Waals surface area contributed by atoms with Crippen molar-refractivity contribution in [2.75, 3.05) is 13.2 Å². The normalized spacial score (nSPS) is 12.9. The highest BCUT2D eigenvalue weighted by molar-refractivity contribution is 5.70. The van der Waals surface area contributed by atoms with Gasteiger partial charge < -0.3 is 14.6 Å². The number of aliphatic hydroxyl groups excluding tert-OH is 1. The Morgan fingerprint density at radius 1 is 0.460 bits per heavy atom. The number of hydrogen-bond acceptors (Lipinski definition) is 5. The lowest BCUT2D eigenvalue weighted by Gasteiger charge is -2.15. The molecule has 0 amide bonds. The first-order valence-corrected chi connectivity index (χ1v) is 20.5. The zero-order valence-electron chi connectivity index (χ0n) is 32.4. The zero-order valence-corrected chi connectivity index (χ0v) is 32.4. The van der Waals surface area contributed by atoms with Gasteiger partial charge in [0.1, 0.15) is 6.61 Å². The lowest BCUT2D eigenvalue weighted by atomic mass is 10.1. The van der Waals surface area contributed by atoms with Gasteiger partial charge in [0, 0.05) is 12.8 Å². The van der Waals surface area contributed by atoms with E-state index in [4.69, 9.17) is 9.47 Å². The Morgan fingerprint density at radius 2 is 0.800 bits per heavy atom. The zero-order chi connectivity index (χ0) is 36.4. The maximum Gasteiger partial charge on any atom is 0.306 e.